The van der Waals surface area contributed by atoms with E-state index in [1.54, 1.807) is 0 Å². The Morgan fingerprint density at radius 2 is 1.86 bits per heavy atom. The largest absolute Gasteiger partial charge is 0.339 e. The van der Waals surface area contributed by atoms with Crippen LogP contribution in [0.2, 0.25) is 0 Å². The van der Waals surface area contributed by atoms with E-state index in [0.29, 0.717) is 6.54 Å². The Morgan fingerprint density at radius 1 is 1.23 bits per heavy atom. The fourth-order valence-corrected chi connectivity index (χ4v) is 3.28. The zero-order valence-corrected chi connectivity index (χ0v) is 14.4. The second-order valence-electron chi connectivity index (χ2n) is 6.60. The Morgan fingerprint density at radius 3 is 2.45 bits per heavy atom. The fourth-order valence-electron chi connectivity index (χ4n) is 3.28. The van der Waals surface area contributed by atoms with Gasteiger partial charge in [-0.05, 0) is 64.4 Å². The number of aromatic nitrogens is 1. The molecule has 1 aliphatic heterocycles. The molecule has 0 spiro atoms. The lowest BCUT2D eigenvalue weighted by Crippen LogP contribution is -2.46. The molecule has 122 valence electrons. The highest BCUT2D eigenvalue weighted by Gasteiger charge is 2.24. The van der Waals surface area contributed by atoms with Gasteiger partial charge >= 0.3 is 0 Å². The Labute approximate surface area is 134 Å². The predicted octanol–water partition coefficient (Wildman–Crippen LogP) is 2.92. The van der Waals surface area contributed by atoms with Gasteiger partial charge in [0, 0.05) is 12.7 Å². The Balaban J connectivity index is 1.98. The number of likely N-dealkylation sites (N-methyl/N-ethyl adjacent to an activating group) is 1. The summed E-state index contributed by atoms with van der Waals surface area (Å²) in [6.07, 6.45) is 5.00. The van der Waals surface area contributed by atoms with E-state index in [4.69, 9.17) is 0 Å². The number of aryl methyl sites for hydroxylation is 2. The number of likely N-dealkylation sites (tertiary alicyclic amines) is 1. The van der Waals surface area contributed by atoms with Crippen molar-refractivity contribution in [3.63, 3.8) is 0 Å². The minimum Gasteiger partial charge on any atom is -0.339 e. The highest BCUT2D eigenvalue weighted by Crippen LogP contribution is 2.14. The topological polar surface area (TPSA) is 36.4 Å². The SMILES string of the molecule is Cc1cc(C)nc(CN(C)C(=O)[C@H](C)N2CCCCCC2)c1. The summed E-state index contributed by atoms with van der Waals surface area (Å²) in [5.41, 5.74) is 3.18. The van der Waals surface area contributed by atoms with E-state index >= 15 is 0 Å². The Kier molecular flexibility index (Phi) is 5.95. The van der Waals surface area contributed by atoms with Gasteiger partial charge < -0.3 is 4.90 Å². The van der Waals surface area contributed by atoms with Crippen LogP contribution in [-0.4, -0.2) is 46.9 Å². The first-order chi connectivity index (χ1) is 10.5. The molecule has 1 aromatic rings. The number of hydrogen-bond donors (Lipinski definition) is 0. The van der Waals surface area contributed by atoms with Gasteiger partial charge in [0.1, 0.15) is 0 Å². The normalized spacial score (nSPS) is 17.8. The molecule has 0 aromatic carbocycles. The smallest absolute Gasteiger partial charge is 0.239 e. The van der Waals surface area contributed by atoms with Crippen LogP contribution in [0.25, 0.3) is 0 Å². The molecule has 2 heterocycles. The molecule has 1 saturated heterocycles. The van der Waals surface area contributed by atoms with E-state index in [2.05, 4.69) is 28.9 Å². The standard InChI is InChI=1S/C18H29N3O/c1-14-11-15(2)19-17(12-14)13-20(4)18(22)16(3)21-9-7-5-6-8-10-21/h11-12,16H,5-10,13H2,1-4H3/t16-/m0/s1. The molecule has 0 saturated carbocycles. The lowest BCUT2D eigenvalue weighted by atomic mass is 10.2. The fraction of sp³-hybridized carbons (Fsp3) is 0.667. The van der Waals surface area contributed by atoms with Gasteiger partial charge in [0.05, 0.1) is 18.3 Å². The van der Waals surface area contributed by atoms with Crippen molar-refractivity contribution in [2.75, 3.05) is 20.1 Å². The maximum atomic E-state index is 12.7. The summed E-state index contributed by atoms with van der Waals surface area (Å²) in [5.74, 6) is 0.197. The van der Waals surface area contributed by atoms with E-state index in [-0.39, 0.29) is 11.9 Å². The molecule has 1 aromatic heterocycles. The zero-order valence-electron chi connectivity index (χ0n) is 14.4. The maximum Gasteiger partial charge on any atom is 0.239 e. The van der Waals surface area contributed by atoms with Crippen LogP contribution in [0.4, 0.5) is 0 Å². The maximum absolute atomic E-state index is 12.7. The quantitative estimate of drug-likeness (QED) is 0.858. The first kappa shape index (κ1) is 16.9. The van der Waals surface area contributed by atoms with Crippen molar-refractivity contribution >= 4 is 5.91 Å². The van der Waals surface area contributed by atoms with Gasteiger partial charge in [0.2, 0.25) is 5.91 Å². The van der Waals surface area contributed by atoms with Crippen LogP contribution in [0, 0.1) is 13.8 Å². The van der Waals surface area contributed by atoms with Gasteiger partial charge in [-0.2, -0.15) is 0 Å². The molecule has 2 rings (SSSR count). The Bertz CT molecular complexity index is 487. The molecule has 22 heavy (non-hydrogen) atoms. The summed E-state index contributed by atoms with van der Waals surface area (Å²) >= 11 is 0. The van der Waals surface area contributed by atoms with Crippen LogP contribution in [0.5, 0.6) is 0 Å². The number of carbonyl (C=O) groups excluding carboxylic acids is 1. The predicted molar refractivity (Wildman–Crippen MR) is 89.7 cm³/mol. The van der Waals surface area contributed by atoms with Crippen LogP contribution in [-0.2, 0) is 11.3 Å². The number of amides is 1. The van der Waals surface area contributed by atoms with E-state index < -0.39 is 0 Å². The van der Waals surface area contributed by atoms with Crippen LogP contribution >= 0.6 is 0 Å². The lowest BCUT2D eigenvalue weighted by Gasteiger charge is -2.30. The summed E-state index contributed by atoms with van der Waals surface area (Å²) in [4.78, 5) is 21.4. The molecule has 0 unspecified atom stereocenters. The summed E-state index contributed by atoms with van der Waals surface area (Å²) in [6, 6.07) is 4.09. The van der Waals surface area contributed by atoms with Crippen molar-refractivity contribution in [3.8, 4) is 0 Å². The lowest BCUT2D eigenvalue weighted by molar-refractivity contribution is -0.135. The van der Waals surface area contributed by atoms with Crippen molar-refractivity contribution < 1.29 is 4.79 Å². The third-order valence-electron chi connectivity index (χ3n) is 4.47. The summed E-state index contributed by atoms with van der Waals surface area (Å²) in [6.45, 7) is 8.78. The van der Waals surface area contributed by atoms with Gasteiger partial charge in [-0.3, -0.25) is 14.7 Å². The highest BCUT2D eigenvalue weighted by molar-refractivity contribution is 5.81. The number of carbonyl (C=O) groups is 1. The molecule has 4 heteroatoms. The van der Waals surface area contributed by atoms with Crippen LogP contribution in [0.15, 0.2) is 12.1 Å². The van der Waals surface area contributed by atoms with Crippen LogP contribution in [0.3, 0.4) is 0 Å². The minimum absolute atomic E-state index is 0.0333. The second kappa shape index (κ2) is 7.73. The van der Waals surface area contributed by atoms with Crippen molar-refractivity contribution in [2.45, 2.75) is 59.0 Å². The third-order valence-corrected chi connectivity index (χ3v) is 4.47. The van der Waals surface area contributed by atoms with Crippen molar-refractivity contribution in [1.82, 2.24) is 14.8 Å². The summed E-state index contributed by atoms with van der Waals surface area (Å²) in [7, 11) is 1.88. The van der Waals surface area contributed by atoms with E-state index in [0.717, 1.165) is 24.5 Å². The summed E-state index contributed by atoms with van der Waals surface area (Å²) < 4.78 is 0. The minimum atomic E-state index is -0.0333. The first-order valence-corrected chi connectivity index (χ1v) is 8.40. The molecule has 0 N–H and O–H groups in total. The number of rotatable bonds is 4. The molecule has 1 aliphatic rings. The zero-order chi connectivity index (χ0) is 16.1. The average Bonchev–Trinajstić information content (AvgIpc) is 2.73. The highest BCUT2D eigenvalue weighted by atomic mass is 16.2. The molecule has 1 fully saturated rings. The Hall–Kier alpha value is -1.42. The monoisotopic (exact) mass is 303 g/mol. The number of pyridine rings is 1. The molecular weight excluding hydrogens is 274 g/mol. The van der Waals surface area contributed by atoms with Crippen molar-refractivity contribution in [3.05, 3.63) is 29.1 Å². The molecular formula is C18H29N3O. The van der Waals surface area contributed by atoms with Crippen LogP contribution in [0.1, 0.15) is 49.6 Å². The van der Waals surface area contributed by atoms with E-state index in [1.807, 2.05) is 25.8 Å². The molecule has 0 aliphatic carbocycles. The average molecular weight is 303 g/mol. The molecule has 1 amide bonds. The number of nitrogens with zero attached hydrogens (tertiary/aromatic N) is 3. The van der Waals surface area contributed by atoms with Gasteiger partial charge in [-0.15, -0.1) is 0 Å². The van der Waals surface area contributed by atoms with Gasteiger partial charge in [0.15, 0.2) is 0 Å². The summed E-state index contributed by atoms with van der Waals surface area (Å²) in [5, 5.41) is 0. The van der Waals surface area contributed by atoms with Gasteiger partial charge in [-0.1, -0.05) is 12.8 Å². The number of hydrogen-bond acceptors (Lipinski definition) is 3. The molecule has 0 radical (unpaired) electrons. The van der Waals surface area contributed by atoms with Gasteiger partial charge in [-0.25, -0.2) is 0 Å². The van der Waals surface area contributed by atoms with Crippen molar-refractivity contribution in [2.24, 2.45) is 0 Å². The van der Waals surface area contributed by atoms with E-state index in [1.165, 1.54) is 31.2 Å². The van der Waals surface area contributed by atoms with Crippen LogP contribution < -0.4 is 0 Å². The van der Waals surface area contributed by atoms with Gasteiger partial charge in [0.25, 0.3) is 0 Å². The second-order valence-corrected chi connectivity index (χ2v) is 6.60. The molecule has 1 atom stereocenters. The third kappa shape index (κ3) is 4.54. The molecule has 0 bridgehead atoms. The van der Waals surface area contributed by atoms with E-state index in [9.17, 15) is 4.79 Å². The first-order valence-electron chi connectivity index (χ1n) is 8.40. The molecule has 4 nitrogen and oxygen atoms in total. The van der Waals surface area contributed by atoms with Crippen molar-refractivity contribution in [1.29, 1.82) is 0 Å².